The molecule has 0 amide bonds. The van der Waals surface area contributed by atoms with Crippen LogP contribution < -0.4 is 0 Å². The molecule has 60 heavy (non-hydrogen) atoms. The van der Waals surface area contributed by atoms with Gasteiger partial charge in [-0.15, -0.1) is 0 Å². The summed E-state index contributed by atoms with van der Waals surface area (Å²) in [6.07, 6.45) is 20.5. The van der Waals surface area contributed by atoms with E-state index in [0.717, 1.165) is 96.3 Å². The van der Waals surface area contributed by atoms with Crippen LogP contribution in [-0.2, 0) is 33.2 Å². The maximum absolute atomic E-state index is 12.9. The Kier molecular flexibility index (Phi) is 31.0. The molecule has 2 aliphatic rings. The first-order valence-electron chi connectivity index (χ1n) is 22.7. The van der Waals surface area contributed by atoms with Crippen LogP contribution in [-0.4, -0.2) is 142 Å². The number of allylic oxidation sites excluding steroid dienone is 8. The second kappa shape index (κ2) is 34.4. The SMILES string of the molecule is CC/C=C\C/C=C\C/C=C\CCCCCCCCOCC(COC1OC(COC2OC(CO)C(O)C(O)C2O)C(O)C(O)C1O)OC(=O)CCCCCCC/C=C\CCC. The van der Waals surface area contributed by atoms with E-state index in [0.29, 0.717) is 13.0 Å². The third-order valence-corrected chi connectivity index (χ3v) is 10.6. The molecule has 14 nitrogen and oxygen atoms in total. The lowest BCUT2D eigenvalue weighted by atomic mass is 9.98. The zero-order chi connectivity index (χ0) is 43.8. The van der Waals surface area contributed by atoms with Gasteiger partial charge in [0.05, 0.1) is 26.4 Å². The number of hydrogen-bond donors (Lipinski definition) is 7. The minimum atomic E-state index is -1.71. The van der Waals surface area contributed by atoms with Gasteiger partial charge in [-0.05, 0) is 64.2 Å². The van der Waals surface area contributed by atoms with Gasteiger partial charge in [0.1, 0.15) is 54.9 Å². The Morgan fingerprint density at radius 1 is 0.567 bits per heavy atom. The third-order valence-electron chi connectivity index (χ3n) is 10.6. The van der Waals surface area contributed by atoms with Gasteiger partial charge in [-0.1, -0.05) is 114 Å². The smallest absolute Gasteiger partial charge is 0.306 e. The van der Waals surface area contributed by atoms with Crippen molar-refractivity contribution >= 4 is 5.97 Å². The number of rotatable bonds is 34. The van der Waals surface area contributed by atoms with E-state index in [2.05, 4.69) is 62.5 Å². The van der Waals surface area contributed by atoms with Crippen LogP contribution in [0.4, 0.5) is 0 Å². The van der Waals surface area contributed by atoms with Crippen LogP contribution in [0.3, 0.4) is 0 Å². The third kappa shape index (κ3) is 22.9. The number of aliphatic hydroxyl groups is 7. The summed E-state index contributed by atoms with van der Waals surface area (Å²) in [5.74, 6) is -0.396. The molecule has 0 radical (unpaired) electrons. The average molecular weight is 857 g/mol. The normalized spacial score (nSPS) is 28.1. The van der Waals surface area contributed by atoms with Gasteiger partial charge >= 0.3 is 5.97 Å². The minimum absolute atomic E-state index is 0.0475. The van der Waals surface area contributed by atoms with Crippen LogP contribution in [0.5, 0.6) is 0 Å². The van der Waals surface area contributed by atoms with Crippen molar-refractivity contribution in [3.63, 3.8) is 0 Å². The Morgan fingerprint density at radius 3 is 1.72 bits per heavy atom. The van der Waals surface area contributed by atoms with Crippen molar-refractivity contribution in [2.45, 2.75) is 203 Å². The van der Waals surface area contributed by atoms with Crippen molar-refractivity contribution in [1.29, 1.82) is 0 Å². The molecule has 7 N–H and O–H groups in total. The fourth-order valence-electron chi connectivity index (χ4n) is 6.83. The molecule has 0 aliphatic carbocycles. The van der Waals surface area contributed by atoms with Gasteiger partial charge in [0.2, 0.25) is 0 Å². The van der Waals surface area contributed by atoms with Crippen LogP contribution in [0, 0.1) is 0 Å². The topological polar surface area (TPSA) is 214 Å². The zero-order valence-corrected chi connectivity index (χ0v) is 36.4. The molecule has 2 rings (SSSR count). The number of hydrogen-bond acceptors (Lipinski definition) is 14. The highest BCUT2D eigenvalue weighted by Crippen LogP contribution is 2.26. The molecule has 348 valence electrons. The average Bonchev–Trinajstić information content (AvgIpc) is 3.24. The van der Waals surface area contributed by atoms with Crippen molar-refractivity contribution < 1.29 is 69.0 Å². The van der Waals surface area contributed by atoms with E-state index >= 15 is 0 Å². The van der Waals surface area contributed by atoms with Gasteiger partial charge in [-0.3, -0.25) is 4.79 Å². The van der Waals surface area contributed by atoms with E-state index in [-0.39, 0.29) is 19.6 Å². The summed E-state index contributed by atoms with van der Waals surface area (Å²) < 4.78 is 34.1. The van der Waals surface area contributed by atoms with Crippen molar-refractivity contribution in [2.24, 2.45) is 0 Å². The molecule has 0 bridgehead atoms. The first kappa shape index (κ1) is 54.1. The summed E-state index contributed by atoms with van der Waals surface area (Å²) >= 11 is 0. The van der Waals surface area contributed by atoms with Crippen LogP contribution in [0.1, 0.15) is 136 Å². The Balaban J connectivity index is 1.81. The van der Waals surface area contributed by atoms with Crippen LogP contribution in [0.25, 0.3) is 0 Å². The van der Waals surface area contributed by atoms with E-state index in [1.54, 1.807) is 0 Å². The van der Waals surface area contributed by atoms with Crippen molar-refractivity contribution in [2.75, 3.05) is 33.0 Å². The standard InChI is InChI=1S/C46H80O14/c1-3-5-7-9-11-13-15-16-17-18-19-20-22-24-26-28-30-55-32-35(58-38(48)29-27-25-23-21-14-12-10-8-6-4-2)33-56-45-44(54)42(52)40(50)37(60-45)34-57-46-43(53)41(51)39(49)36(31-47)59-46/h5,7-8,10-11,13,16-17,35-37,39-47,49-54H,3-4,6,9,12,14-15,18-34H2,1-2H3/b7-5-,10-8-,13-11-,17-16-. The van der Waals surface area contributed by atoms with Gasteiger partial charge in [-0.2, -0.15) is 0 Å². The van der Waals surface area contributed by atoms with Crippen molar-refractivity contribution in [3.8, 4) is 0 Å². The summed E-state index contributed by atoms with van der Waals surface area (Å²) in [7, 11) is 0. The zero-order valence-electron chi connectivity index (χ0n) is 36.4. The lowest BCUT2D eigenvalue weighted by Crippen LogP contribution is -2.61. The highest BCUT2D eigenvalue weighted by atomic mass is 16.7. The summed E-state index contributed by atoms with van der Waals surface area (Å²) in [6.45, 7) is 3.44. The number of carbonyl (C=O) groups is 1. The Labute approximate surface area is 359 Å². The fourth-order valence-corrected chi connectivity index (χ4v) is 6.83. The summed E-state index contributed by atoms with van der Waals surface area (Å²) in [5.41, 5.74) is 0. The molecule has 0 aromatic carbocycles. The highest BCUT2D eigenvalue weighted by Gasteiger charge is 2.47. The molecule has 14 heteroatoms. The van der Waals surface area contributed by atoms with Crippen LogP contribution in [0.15, 0.2) is 48.6 Å². The molecule has 11 atom stereocenters. The quantitative estimate of drug-likeness (QED) is 0.0251. The molecule has 0 aromatic heterocycles. The van der Waals surface area contributed by atoms with E-state index in [9.17, 15) is 40.5 Å². The van der Waals surface area contributed by atoms with Crippen LogP contribution >= 0.6 is 0 Å². The molecular weight excluding hydrogens is 776 g/mol. The molecule has 0 spiro atoms. The number of esters is 1. The largest absolute Gasteiger partial charge is 0.457 e. The molecule has 2 heterocycles. The number of carbonyl (C=O) groups excluding carboxylic acids is 1. The summed E-state index contributed by atoms with van der Waals surface area (Å²) in [5, 5.41) is 71.8. The van der Waals surface area contributed by atoms with Crippen molar-refractivity contribution in [3.05, 3.63) is 48.6 Å². The summed E-state index contributed by atoms with van der Waals surface area (Å²) in [4.78, 5) is 12.9. The van der Waals surface area contributed by atoms with E-state index in [1.807, 2.05) is 0 Å². The molecule has 11 unspecified atom stereocenters. The second-order valence-corrected chi connectivity index (χ2v) is 15.8. The summed E-state index contributed by atoms with van der Waals surface area (Å²) in [6, 6.07) is 0. The predicted octanol–water partition coefficient (Wildman–Crippen LogP) is 5.23. The van der Waals surface area contributed by atoms with Gasteiger partial charge in [0.15, 0.2) is 12.6 Å². The van der Waals surface area contributed by atoms with Crippen LogP contribution in [0.2, 0.25) is 0 Å². The Hall–Kier alpha value is -2.05. The van der Waals surface area contributed by atoms with Gasteiger partial charge in [-0.25, -0.2) is 0 Å². The van der Waals surface area contributed by atoms with E-state index in [1.165, 1.54) is 12.8 Å². The molecular formula is C46H80O14. The van der Waals surface area contributed by atoms with Gasteiger partial charge in [0, 0.05) is 13.0 Å². The predicted molar refractivity (Wildman–Crippen MR) is 229 cm³/mol. The van der Waals surface area contributed by atoms with E-state index in [4.69, 9.17) is 28.4 Å². The monoisotopic (exact) mass is 857 g/mol. The molecule has 0 saturated carbocycles. The number of ether oxygens (including phenoxy) is 6. The molecule has 2 aliphatic heterocycles. The maximum atomic E-state index is 12.9. The van der Waals surface area contributed by atoms with Gasteiger partial charge < -0.3 is 64.2 Å². The lowest BCUT2D eigenvalue weighted by Gasteiger charge is -2.42. The molecule has 2 fully saturated rings. The van der Waals surface area contributed by atoms with Crippen molar-refractivity contribution in [1.82, 2.24) is 0 Å². The highest BCUT2D eigenvalue weighted by molar-refractivity contribution is 5.69. The fraction of sp³-hybridized carbons (Fsp3) is 0.804. The molecule has 2 saturated heterocycles. The van der Waals surface area contributed by atoms with E-state index < -0.39 is 86.7 Å². The molecule has 0 aromatic rings. The first-order valence-corrected chi connectivity index (χ1v) is 22.7. The number of unbranched alkanes of at least 4 members (excludes halogenated alkanes) is 12. The first-order chi connectivity index (χ1) is 29.1. The second-order valence-electron chi connectivity index (χ2n) is 15.8. The number of aliphatic hydroxyl groups excluding tert-OH is 7. The lowest BCUT2D eigenvalue weighted by molar-refractivity contribution is -0.332. The Morgan fingerprint density at radius 2 is 1.08 bits per heavy atom. The minimum Gasteiger partial charge on any atom is -0.457 e. The maximum Gasteiger partial charge on any atom is 0.306 e. The van der Waals surface area contributed by atoms with Gasteiger partial charge in [0.25, 0.3) is 0 Å². The Bertz CT molecular complexity index is 1180.